The predicted molar refractivity (Wildman–Crippen MR) is 49.4 cm³/mol. The zero-order valence-electron chi connectivity index (χ0n) is 7.13. The van der Waals surface area contributed by atoms with Gasteiger partial charge in [-0.15, -0.1) is 0 Å². The summed E-state index contributed by atoms with van der Waals surface area (Å²) in [6.45, 7) is 1.82. The van der Waals surface area contributed by atoms with Crippen molar-refractivity contribution in [3.8, 4) is 11.8 Å². The summed E-state index contributed by atoms with van der Waals surface area (Å²) in [5.74, 6) is 0.183. The first-order valence-electron chi connectivity index (χ1n) is 3.94. The Hall–Kier alpha value is -1.95. The predicted octanol–water partition coefficient (Wildman–Crippen LogP) is 2.05. The minimum atomic E-state index is 0.183. The van der Waals surface area contributed by atoms with Gasteiger partial charge < -0.3 is 10.1 Å². The van der Waals surface area contributed by atoms with E-state index in [4.69, 9.17) is 5.26 Å². The number of aromatic hydroxyl groups is 1. The number of hydrogen-bond donors (Lipinski definition) is 2. The molecule has 3 heteroatoms. The second-order valence-electron chi connectivity index (χ2n) is 2.94. The molecule has 0 saturated carbocycles. The second-order valence-corrected chi connectivity index (χ2v) is 2.94. The van der Waals surface area contributed by atoms with Crippen LogP contribution in [0.4, 0.5) is 0 Å². The third kappa shape index (κ3) is 0.960. The molecule has 0 radical (unpaired) electrons. The van der Waals surface area contributed by atoms with Crippen LogP contribution in [-0.4, -0.2) is 10.1 Å². The molecule has 1 aromatic carbocycles. The van der Waals surface area contributed by atoms with Crippen molar-refractivity contribution in [3.05, 3.63) is 29.5 Å². The first-order valence-corrected chi connectivity index (χ1v) is 3.94. The van der Waals surface area contributed by atoms with Gasteiger partial charge in [0.25, 0.3) is 0 Å². The van der Waals surface area contributed by atoms with Crippen LogP contribution in [0.5, 0.6) is 5.75 Å². The van der Waals surface area contributed by atoms with Crippen molar-refractivity contribution in [1.29, 1.82) is 5.26 Å². The van der Waals surface area contributed by atoms with E-state index < -0.39 is 0 Å². The van der Waals surface area contributed by atoms with E-state index in [2.05, 4.69) is 11.1 Å². The number of aromatic nitrogens is 1. The highest BCUT2D eigenvalue weighted by Gasteiger charge is 2.09. The fourth-order valence-electron chi connectivity index (χ4n) is 1.48. The van der Waals surface area contributed by atoms with Crippen molar-refractivity contribution >= 4 is 10.9 Å². The van der Waals surface area contributed by atoms with E-state index in [0.29, 0.717) is 11.1 Å². The van der Waals surface area contributed by atoms with E-state index in [-0.39, 0.29) is 5.75 Å². The zero-order chi connectivity index (χ0) is 9.42. The van der Waals surface area contributed by atoms with E-state index in [1.165, 1.54) is 0 Å². The first-order chi connectivity index (χ1) is 6.24. The standard InChI is InChI=1S/C10H8N2O/c1-6-8(5-11)7-3-2-4-9(13)10(7)12-6/h2-4,12-13H,1H3. The molecule has 0 amide bonds. The third-order valence-corrected chi connectivity index (χ3v) is 2.11. The number of nitrogens with one attached hydrogen (secondary N) is 1. The average Bonchev–Trinajstić information content (AvgIpc) is 2.43. The first kappa shape index (κ1) is 7.69. The highest BCUT2D eigenvalue weighted by atomic mass is 16.3. The number of aromatic amines is 1. The van der Waals surface area contributed by atoms with E-state index in [1.807, 2.05) is 13.0 Å². The number of para-hydroxylation sites is 1. The van der Waals surface area contributed by atoms with Crippen molar-refractivity contribution in [1.82, 2.24) is 4.98 Å². The van der Waals surface area contributed by atoms with Crippen LogP contribution in [-0.2, 0) is 0 Å². The maximum absolute atomic E-state index is 9.46. The Morgan fingerprint density at radius 1 is 1.46 bits per heavy atom. The maximum atomic E-state index is 9.46. The topological polar surface area (TPSA) is 59.8 Å². The van der Waals surface area contributed by atoms with Crippen LogP contribution < -0.4 is 0 Å². The van der Waals surface area contributed by atoms with E-state index in [1.54, 1.807) is 12.1 Å². The van der Waals surface area contributed by atoms with Gasteiger partial charge in [-0.25, -0.2) is 0 Å². The molecule has 2 N–H and O–H groups in total. The second kappa shape index (κ2) is 2.53. The molecule has 0 spiro atoms. The lowest BCUT2D eigenvalue weighted by Crippen LogP contribution is -1.73. The molecule has 0 aliphatic rings. The van der Waals surface area contributed by atoms with E-state index in [9.17, 15) is 5.11 Å². The van der Waals surface area contributed by atoms with Gasteiger partial charge in [0.1, 0.15) is 11.8 Å². The Balaban J connectivity index is 2.96. The summed E-state index contributed by atoms with van der Waals surface area (Å²) in [5.41, 5.74) is 2.03. The molecular formula is C10H8N2O. The van der Waals surface area contributed by atoms with Crippen molar-refractivity contribution < 1.29 is 5.11 Å². The lowest BCUT2D eigenvalue weighted by molar-refractivity contribution is 0.480. The van der Waals surface area contributed by atoms with Crippen molar-refractivity contribution in [2.75, 3.05) is 0 Å². The van der Waals surface area contributed by atoms with Gasteiger partial charge in [-0.3, -0.25) is 0 Å². The number of nitriles is 1. The summed E-state index contributed by atoms with van der Waals surface area (Å²) in [6, 6.07) is 7.24. The van der Waals surface area contributed by atoms with E-state index >= 15 is 0 Å². The summed E-state index contributed by atoms with van der Waals surface area (Å²) in [5, 5.41) is 19.1. The average molecular weight is 172 g/mol. The molecule has 13 heavy (non-hydrogen) atoms. The summed E-state index contributed by atoms with van der Waals surface area (Å²) < 4.78 is 0. The number of hydrogen-bond acceptors (Lipinski definition) is 2. The number of phenols is 1. The van der Waals surface area contributed by atoms with Gasteiger partial charge >= 0.3 is 0 Å². The fourth-order valence-corrected chi connectivity index (χ4v) is 1.48. The Labute approximate surface area is 75.2 Å². The van der Waals surface area contributed by atoms with Crippen LogP contribution in [0.1, 0.15) is 11.3 Å². The van der Waals surface area contributed by atoms with Crippen LogP contribution in [0.15, 0.2) is 18.2 Å². The summed E-state index contributed by atoms with van der Waals surface area (Å²) in [6.07, 6.45) is 0. The van der Waals surface area contributed by atoms with Crippen molar-refractivity contribution in [2.45, 2.75) is 6.92 Å². The van der Waals surface area contributed by atoms with Gasteiger partial charge in [-0.1, -0.05) is 12.1 Å². The van der Waals surface area contributed by atoms with Gasteiger partial charge in [0.2, 0.25) is 0 Å². The number of nitrogens with zero attached hydrogens (tertiary/aromatic N) is 1. The fraction of sp³-hybridized carbons (Fsp3) is 0.100. The largest absolute Gasteiger partial charge is 0.506 e. The zero-order valence-corrected chi connectivity index (χ0v) is 7.13. The van der Waals surface area contributed by atoms with Gasteiger partial charge in [0.15, 0.2) is 0 Å². The molecular weight excluding hydrogens is 164 g/mol. The molecule has 64 valence electrons. The molecule has 1 heterocycles. The summed E-state index contributed by atoms with van der Waals surface area (Å²) in [7, 11) is 0. The molecule has 1 aromatic heterocycles. The molecule has 2 aromatic rings. The minimum absolute atomic E-state index is 0.183. The van der Waals surface area contributed by atoms with E-state index in [0.717, 1.165) is 11.1 Å². The number of aryl methyl sites for hydroxylation is 1. The third-order valence-electron chi connectivity index (χ3n) is 2.11. The number of H-pyrrole nitrogens is 1. The highest BCUT2D eigenvalue weighted by Crippen LogP contribution is 2.27. The molecule has 2 rings (SSSR count). The SMILES string of the molecule is Cc1[nH]c2c(O)cccc2c1C#N. The van der Waals surface area contributed by atoms with Crippen molar-refractivity contribution in [3.63, 3.8) is 0 Å². The molecule has 0 aliphatic heterocycles. The lowest BCUT2D eigenvalue weighted by Gasteiger charge is -1.92. The van der Waals surface area contributed by atoms with Gasteiger partial charge in [-0.2, -0.15) is 5.26 Å². The minimum Gasteiger partial charge on any atom is -0.506 e. The van der Waals surface area contributed by atoms with Crippen LogP contribution in [0, 0.1) is 18.3 Å². The number of fused-ring (bicyclic) bond motifs is 1. The molecule has 0 saturated heterocycles. The molecule has 0 bridgehead atoms. The summed E-state index contributed by atoms with van der Waals surface area (Å²) >= 11 is 0. The van der Waals surface area contributed by atoms with Gasteiger partial charge in [0.05, 0.1) is 11.1 Å². The molecule has 0 atom stereocenters. The maximum Gasteiger partial charge on any atom is 0.139 e. The molecule has 0 fully saturated rings. The van der Waals surface area contributed by atoms with Crippen LogP contribution in [0.25, 0.3) is 10.9 Å². The Morgan fingerprint density at radius 3 is 2.92 bits per heavy atom. The quantitative estimate of drug-likeness (QED) is 0.638. The number of benzene rings is 1. The Kier molecular flexibility index (Phi) is 1.49. The smallest absolute Gasteiger partial charge is 0.139 e. The lowest BCUT2D eigenvalue weighted by atomic mass is 10.1. The molecule has 0 unspecified atom stereocenters. The van der Waals surface area contributed by atoms with Gasteiger partial charge in [-0.05, 0) is 13.0 Å². The highest BCUT2D eigenvalue weighted by molar-refractivity contribution is 5.91. The monoisotopic (exact) mass is 172 g/mol. The van der Waals surface area contributed by atoms with Crippen LogP contribution in [0.2, 0.25) is 0 Å². The number of rotatable bonds is 0. The Bertz CT molecular complexity index is 505. The Morgan fingerprint density at radius 2 is 2.23 bits per heavy atom. The molecule has 3 nitrogen and oxygen atoms in total. The van der Waals surface area contributed by atoms with Gasteiger partial charge in [0, 0.05) is 11.1 Å². The summed E-state index contributed by atoms with van der Waals surface area (Å²) in [4.78, 5) is 2.97. The number of phenolic OH excluding ortho intramolecular Hbond substituents is 1. The van der Waals surface area contributed by atoms with Crippen LogP contribution >= 0.6 is 0 Å². The molecule has 0 aliphatic carbocycles. The van der Waals surface area contributed by atoms with Crippen LogP contribution in [0.3, 0.4) is 0 Å². The normalized spacial score (nSPS) is 10.2. The van der Waals surface area contributed by atoms with Crippen molar-refractivity contribution in [2.24, 2.45) is 0 Å².